The van der Waals surface area contributed by atoms with Crippen molar-refractivity contribution in [2.45, 2.75) is 58.5 Å². The van der Waals surface area contributed by atoms with Crippen molar-refractivity contribution in [1.29, 1.82) is 0 Å². The maximum atomic E-state index is 2.63. The minimum Gasteiger partial charge on any atom is -0.328 e. The molecule has 0 amide bonds. The number of allylic oxidation sites excluding steroid dienone is 2. The van der Waals surface area contributed by atoms with Crippen molar-refractivity contribution in [3.63, 3.8) is 0 Å². The Bertz CT molecular complexity index is 622. The number of rotatable bonds is 2. The van der Waals surface area contributed by atoms with Crippen LogP contribution in [0.15, 0.2) is 47.9 Å². The summed E-state index contributed by atoms with van der Waals surface area (Å²) in [6.07, 6.45) is 13.2. The average molecular weight is 294 g/mol. The van der Waals surface area contributed by atoms with Crippen molar-refractivity contribution in [2.75, 3.05) is 4.90 Å². The van der Waals surface area contributed by atoms with E-state index in [9.17, 15) is 0 Å². The Labute approximate surface area is 134 Å². The molecule has 0 aromatic heterocycles. The van der Waals surface area contributed by atoms with E-state index in [0.29, 0.717) is 6.17 Å². The average Bonchev–Trinajstić information content (AvgIpc) is 3.11. The Morgan fingerprint density at radius 3 is 2.55 bits per heavy atom. The summed E-state index contributed by atoms with van der Waals surface area (Å²) in [6, 6.07) is 8.86. The molecule has 1 atom stereocenters. The fraction of sp³-hybridized carbons (Fsp3) is 0.500. The number of hydrogen-bond donors (Lipinski definition) is 0. The van der Waals surface area contributed by atoms with Crippen molar-refractivity contribution < 1.29 is 0 Å². The molecule has 2 heterocycles. The van der Waals surface area contributed by atoms with Gasteiger partial charge in [0.1, 0.15) is 6.17 Å². The molecule has 1 aliphatic carbocycles. The zero-order valence-electron chi connectivity index (χ0n) is 13.8. The molecular weight excluding hydrogens is 268 g/mol. The summed E-state index contributed by atoms with van der Waals surface area (Å²) in [5, 5.41) is 0. The molecule has 1 aromatic carbocycles. The van der Waals surface area contributed by atoms with Crippen LogP contribution in [0.1, 0.15) is 51.0 Å². The minimum atomic E-state index is 0.496. The molecule has 2 heteroatoms. The van der Waals surface area contributed by atoms with Crippen molar-refractivity contribution in [2.24, 2.45) is 5.92 Å². The summed E-state index contributed by atoms with van der Waals surface area (Å²) in [7, 11) is 0. The highest BCUT2D eigenvalue weighted by molar-refractivity contribution is 5.61. The molecule has 0 bridgehead atoms. The Balaban J connectivity index is 1.76. The fourth-order valence-electron chi connectivity index (χ4n) is 4.54. The first kappa shape index (κ1) is 13.9. The standard InChI is InChI=1S/C20H26N2/c1-15-9-6-7-12-18(15)22-16(2)19-13-8-14-21(19)20(22)17-10-4-3-5-11-17/h6-9,12,14,17,20H,3-5,10-11,13H2,1-2H3. The molecular formula is C20H26N2. The summed E-state index contributed by atoms with van der Waals surface area (Å²) >= 11 is 0. The number of para-hydroxylation sites is 1. The van der Waals surface area contributed by atoms with Gasteiger partial charge in [-0.15, -0.1) is 0 Å². The van der Waals surface area contributed by atoms with Gasteiger partial charge in [-0.3, -0.25) is 0 Å². The second-order valence-corrected chi connectivity index (χ2v) is 7.00. The van der Waals surface area contributed by atoms with Gasteiger partial charge in [0.05, 0.1) is 0 Å². The van der Waals surface area contributed by atoms with Crippen LogP contribution in [-0.4, -0.2) is 11.1 Å². The molecule has 0 radical (unpaired) electrons. The molecule has 1 aromatic rings. The van der Waals surface area contributed by atoms with Gasteiger partial charge in [0.25, 0.3) is 0 Å². The Morgan fingerprint density at radius 2 is 1.77 bits per heavy atom. The SMILES string of the molecule is CC1=C2CC=CN2C(C2CCCCC2)N1c1ccccc1C. The normalized spacial score (nSPS) is 25.3. The van der Waals surface area contributed by atoms with Crippen LogP contribution in [-0.2, 0) is 0 Å². The monoisotopic (exact) mass is 294 g/mol. The summed E-state index contributed by atoms with van der Waals surface area (Å²) in [5.41, 5.74) is 5.74. The van der Waals surface area contributed by atoms with Crippen LogP contribution in [0.25, 0.3) is 0 Å². The highest BCUT2D eigenvalue weighted by Gasteiger charge is 2.42. The lowest BCUT2D eigenvalue weighted by atomic mass is 9.86. The van der Waals surface area contributed by atoms with E-state index < -0.39 is 0 Å². The first-order valence-corrected chi connectivity index (χ1v) is 8.77. The summed E-state index contributed by atoms with van der Waals surface area (Å²) in [6.45, 7) is 4.55. The second-order valence-electron chi connectivity index (χ2n) is 7.00. The lowest BCUT2D eigenvalue weighted by Crippen LogP contribution is -2.44. The molecule has 0 saturated heterocycles. The minimum absolute atomic E-state index is 0.496. The van der Waals surface area contributed by atoms with Crippen LogP contribution in [0.5, 0.6) is 0 Å². The molecule has 116 valence electrons. The number of hydrogen-bond acceptors (Lipinski definition) is 2. The lowest BCUT2D eigenvalue weighted by Gasteiger charge is -2.40. The van der Waals surface area contributed by atoms with Gasteiger partial charge in [-0.05, 0) is 44.2 Å². The predicted octanol–water partition coefficient (Wildman–Crippen LogP) is 5.17. The van der Waals surface area contributed by atoms with Gasteiger partial charge in [-0.1, -0.05) is 43.5 Å². The Morgan fingerprint density at radius 1 is 1.00 bits per heavy atom. The number of benzene rings is 1. The fourth-order valence-corrected chi connectivity index (χ4v) is 4.54. The van der Waals surface area contributed by atoms with Gasteiger partial charge in [0.2, 0.25) is 0 Å². The van der Waals surface area contributed by atoms with Gasteiger partial charge in [-0.25, -0.2) is 0 Å². The molecule has 0 N–H and O–H groups in total. The van der Waals surface area contributed by atoms with Gasteiger partial charge in [0.15, 0.2) is 0 Å². The first-order chi connectivity index (χ1) is 10.8. The van der Waals surface area contributed by atoms with Gasteiger partial charge in [0, 0.05) is 29.7 Å². The Kier molecular flexibility index (Phi) is 3.48. The molecule has 1 saturated carbocycles. The first-order valence-electron chi connectivity index (χ1n) is 8.77. The number of fused-ring (bicyclic) bond motifs is 1. The maximum Gasteiger partial charge on any atom is 0.113 e. The van der Waals surface area contributed by atoms with E-state index >= 15 is 0 Å². The van der Waals surface area contributed by atoms with Crippen LogP contribution in [0.2, 0.25) is 0 Å². The van der Waals surface area contributed by atoms with Crippen molar-refractivity contribution >= 4 is 5.69 Å². The highest BCUT2D eigenvalue weighted by Crippen LogP contribution is 2.45. The molecule has 2 aliphatic heterocycles. The van der Waals surface area contributed by atoms with Crippen LogP contribution < -0.4 is 4.90 Å². The van der Waals surface area contributed by atoms with Crippen molar-refractivity contribution in [3.8, 4) is 0 Å². The molecule has 22 heavy (non-hydrogen) atoms. The van der Waals surface area contributed by atoms with E-state index in [1.54, 1.807) is 0 Å². The summed E-state index contributed by atoms with van der Waals surface area (Å²) in [5.74, 6) is 0.781. The molecule has 0 spiro atoms. The maximum absolute atomic E-state index is 2.63. The van der Waals surface area contributed by atoms with Crippen LogP contribution in [0.3, 0.4) is 0 Å². The van der Waals surface area contributed by atoms with E-state index in [1.165, 1.54) is 54.7 Å². The molecule has 4 rings (SSSR count). The number of anilines is 1. The highest BCUT2D eigenvalue weighted by atomic mass is 15.4. The lowest BCUT2D eigenvalue weighted by molar-refractivity contribution is 0.214. The molecule has 1 fully saturated rings. The van der Waals surface area contributed by atoms with E-state index in [1.807, 2.05) is 0 Å². The quantitative estimate of drug-likeness (QED) is 0.742. The third-order valence-electron chi connectivity index (χ3n) is 5.66. The van der Waals surface area contributed by atoms with Gasteiger partial charge in [-0.2, -0.15) is 0 Å². The van der Waals surface area contributed by atoms with Gasteiger partial charge >= 0.3 is 0 Å². The number of nitrogens with zero attached hydrogens (tertiary/aromatic N) is 2. The smallest absolute Gasteiger partial charge is 0.113 e. The third kappa shape index (κ3) is 2.08. The van der Waals surface area contributed by atoms with E-state index in [4.69, 9.17) is 0 Å². The molecule has 3 aliphatic rings. The summed E-state index contributed by atoms with van der Waals surface area (Å²) in [4.78, 5) is 5.20. The Hall–Kier alpha value is -1.70. The predicted molar refractivity (Wildman–Crippen MR) is 92.3 cm³/mol. The van der Waals surface area contributed by atoms with E-state index in [2.05, 4.69) is 60.2 Å². The summed E-state index contributed by atoms with van der Waals surface area (Å²) < 4.78 is 0. The van der Waals surface area contributed by atoms with Crippen LogP contribution in [0.4, 0.5) is 5.69 Å². The van der Waals surface area contributed by atoms with Crippen molar-refractivity contribution in [1.82, 2.24) is 4.90 Å². The van der Waals surface area contributed by atoms with Crippen LogP contribution in [0, 0.1) is 12.8 Å². The van der Waals surface area contributed by atoms with E-state index in [0.717, 1.165) is 12.3 Å². The number of aryl methyl sites for hydroxylation is 1. The third-order valence-corrected chi connectivity index (χ3v) is 5.66. The topological polar surface area (TPSA) is 6.48 Å². The van der Waals surface area contributed by atoms with E-state index in [-0.39, 0.29) is 0 Å². The second kappa shape index (κ2) is 5.49. The van der Waals surface area contributed by atoms with Crippen LogP contribution >= 0.6 is 0 Å². The zero-order chi connectivity index (χ0) is 15.1. The largest absolute Gasteiger partial charge is 0.328 e. The van der Waals surface area contributed by atoms with Gasteiger partial charge < -0.3 is 9.80 Å². The molecule has 2 nitrogen and oxygen atoms in total. The van der Waals surface area contributed by atoms with Crippen molar-refractivity contribution in [3.05, 3.63) is 53.5 Å². The molecule has 1 unspecified atom stereocenters. The zero-order valence-corrected chi connectivity index (χ0v) is 13.8.